The van der Waals surface area contributed by atoms with E-state index in [4.69, 9.17) is 0 Å². The predicted molar refractivity (Wildman–Crippen MR) is 75.7 cm³/mol. The molecule has 3 amide bonds. The van der Waals surface area contributed by atoms with Gasteiger partial charge in [-0.05, 0) is 25.2 Å². The van der Waals surface area contributed by atoms with Crippen LogP contribution in [0.25, 0.3) is 0 Å². The summed E-state index contributed by atoms with van der Waals surface area (Å²) in [6, 6.07) is -1.01. The van der Waals surface area contributed by atoms with Crippen molar-refractivity contribution in [1.82, 2.24) is 15.5 Å². The van der Waals surface area contributed by atoms with E-state index >= 15 is 0 Å². The first-order valence-electron chi connectivity index (χ1n) is 7.54. The SMILES string of the molecule is CC(=O)NCCNC(=O)N1C(C(=O)O)CC2CCCCC21. The molecule has 7 nitrogen and oxygen atoms in total. The molecule has 3 atom stereocenters. The third kappa shape index (κ3) is 3.65. The van der Waals surface area contributed by atoms with Crippen LogP contribution in [-0.4, -0.2) is 53.1 Å². The lowest BCUT2D eigenvalue weighted by Gasteiger charge is -2.32. The molecular formula is C14H23N3O4. The molecule has 0 aromatic carbocycles. The van der Waals surface area contributed by atoms with Crippen LogP contribution in [0.2, 0.25) is 0 Å². The Kier molecular flexibility index (Phi) is 5.03. The standard InChI is InChI=1S/C14H23N3O4/c1-9(18)15-6-7-16-14(21)17-11-5-3-2-4-10(11)8-12(17)13(19)20/h10-12H,2-8H2,1H3,(H,15,18)(H,16,21)(H,19,20). The first-order valence-corrected chi connectivity index (χ1v) is 7.54. The van der Waals surface area contributed by atoms with Gasteiger partial charge in [-0.25, -0.2) is 9.59 Å². The van der Waals surface area contributed by atoms with Crippen molar-refractivity contribution < 1.29 is 19.5 Å². The third-order valence-corrected chi connectivity index (χ3v) is 4.38. The van der Waals surface area contributed by atoms with Crippen molar-refractivity contribution in [2.45, 2.75) is 51.1 Å². The fourth-order valence-electron chi connectivity index (χ4n) is 3.47. The zero-order chi connectivity index (χ0) is 15.4. The third-order valence-electron chi connectivity index (χ3n) is 4.38. The van der Waals surface area contributed by atoms with E-state index in [-0.39, 0.29) is 18.0 Å². The first kappa shape index (κ1) is 15.6. The number of urea groups is 1. The second-order valence-electron chi connectivity index (χ2n) is 5.82. The Morgan fingerprint density at radius 2 is 1.81 bits per heavy atom. The molecule has 0 aromatic heterocycles. The van der Waals surface area contributed by atoms with Crippen LogP contribution in [0.15, 0.2) is 0 Å². The Labute approximate surface area is 124 Å². The fraction of sp³-hybridized carbons (Fsp3) is 0.786. The molecule has 2 aliphatic rings. The maximum Gasteiger partial charge on any atom is 0.326 e. The van der Waals surface area contributed by atoms with Gasteiger partial charge in [-0.1, -0.05) is 12.8 Å². The molecular weight excluding hydrogens is 274 g/mol. The van der Waals surface area contributed by atoms with Crippen molar-refractivity contribution >= 4 is 17.9 Å². The molecule has 0 radical (unpaired) electrons. The molecule has 1 saturated heterocycles. The monoisotopic (exact) mass is 297 g/mol. The van der Waals surface area contributed by atoms with Gasteiger partial charge < -0.3 is 20.6 Å². The van der Waals surface area contributed by atoms with Crippen LogP contribution >= 0.6 is 0 Å². The highest BCUT2D eigenvalue weighted by atomic mass is 16.4. The number of carbonyl (C=O) groups excluding carboxylic acids is 2. The number of aliphatic carboxylic acids is 1. The number of nitrogens with one attached hydrogen (secondary N) is 2. The van der Waals surface area contributed by atoms with E-state index in [1.807, 2.05) is 0 Å². The van der Waals surface area contributed by atoms with E-state index in [0.717, 1.165) is 25.7 Å². The van der Waals surface area contributed by atoms with Gasteiger partial charge in [-0.2, -0.15) is 0 Å². The second-order valence-corrected chi connectivity index (χ2v) is 5.82. The average Bonchev–Trinajstić information content (AvgIpc) is 2.83. The number of carbonyl (C=O) groups is 3. The minimum Gasteiger partial charge on any atom is -0.480 e. The molecule has 2 rings (SSSR count). The Morgan fingerprint density at radius 1 is 1.14 bits per heavy atom. The molecule has 1 heterocycles. The van der Waals surface area contributed by atoms with Crippen molar-refractivity contribution in [2.24, 2.45) is 5.92 Å². The molecule has 2 fully saturated rings. The summed E-state index contributed by atoms with van der Waals surface area (Å²) in [5.41, 5.74) is 0. The van der Waals surface area contributed by atoms with Crippen molar-refractivity contribution in [3.8, 4) is 0 Å². The number of hydrogen-bond acceptors (Lipinski definition) is 3. The summed E-state index contributed by atoms with van der Waals surface area (Å²) in [4.78, 5) is 36.0. The summed E-state index contributed by atoms with van der Waals surface area (Å²) in [5, 5.41) is 14.6. The van der Waals surface area contributed by atoms with Gasteiger partial charge in [0.2, 0.25) is 5.91 Å². The van der Waals surface area contributed by atoms with Gasteiger partial charge in [-0.3, -0.25) is 4.79 Å². The normalized spacial score (nSPS) is 27.9. The number of nitrogens with zero attached hydrogens (tertiary/aromatic N) is 1. The van der Waals surface area contributed by atoms with Crippen molar-refractivity contribution in [1.29, 1.82) is 0 Å². The van der Waals surface area contributed by atoms with Crippen LogP contribution in [-0.2, 0) is 9.59 Å². The number of carboxylic acid groups (broad SMARTS) is 1. The summed E-state index contributed by atoms with van der Waals surface area (Å²) in [5.74, 6) is -0.775. The molecule has 21 heavy (non-hydrogen) atoms. The Bertz CT molecular complexity index is 426. The second kappa shape index (κ2) is 6.78. The first-order chi connectivity index (χ1) is 10.0. The molecule has 118 valence electrons. The summed E-state index contributed by atoms with van der Waals surface area (Å²) in [7, 11) is 0. The van der Waals surface area contributed by atoms with Crippen LogP contribution in [0.5, 0.6) is 0 Å². The van der Waals surface area contributed by atoms with Crippen LogP contribution in [0.3, 0.4) is 0 Å². The predicted octanol–water partition coefficient (Wildman–Crippen LogP) is 0.550. The van der Waals surface area contributed by atoms with E-state index in [9.17, 15) is 19.5 Å². The van der Waals surface area contributed by atoms with Crippen LogP contribution in [0.1, 0.15) is 39.0 Å². The molecule has 1 saturated carbocycles. The Morgan fingerprint density at radius 3 is 2.48 bits per heavy atom. The number of hydrogen-bond donors (Lipinski definition) is 3. The smallest absolute Gasteiger partial charge is 0.326 e. The Hall–Kier alpha value is -1.79. The molecule has 7 heteroatoms. The zero-order valence-corrected chi connectivity index (χ0v) is 12.3. The number of carboxylic acids is 1. The highest BCUT2D eigenvalue weighted by Crippen LogP contribution is 2.39. The lowest BCUT2D eigenvalue weighted by atomic mass is 9.85. The number of fused-ring (bicyclic) bond motifs is 1. The van der Waals surface area contributed by atoms with E-state index in [1.54, 1.807) is 0 Å². The van der Waals surface area contributed by atoms with E-state index in [2.05, 4.69) is 10.6 Å². The number of rotatable bonds is 4. The minimum absolute atomic E-state index is 0.0422. The number of likely N-dealkylation sites (tertiary alicyclic amines) is 1. The maximum absolute atomic E-state index is 12.3. The van der Waals surface area contributed by atoms with E-state index < -0.39 is 12.0 Å². The van der Waals surface area contributed by atoms with Crippen LogP contribution in [0.4, 0.5) is 4.79 Å². The summed E-state index contributed by atoms with van der Waals surface area (Å²) >= 11 is 0. The van der Waals surface area contributed by atoms with Gasteiger partial charge in [0.25, 0.3) is 0 Å². The molecule has 3 unspecified atom stereocenters. The molecule has 0 spiro atoms. The van der Waals surface area contributed by atoms with Gasteiger partial charge in [0.05, 0.1) is 0 Å². The zero-order valence-electron chi connectivity index (χ0n) is 12.3. The van der Waals surface area contributed by atoms with Gasteiger partial charge >= 0.3 is 12.0 Å². The van der Waals surface area contributed by atoms with E-state index in [1.165, 1.54) is 11.8 Å². The summed E-state index contributed by atoms with van der Waals surface area (Å²) < 4.78 is 0. The van der Waals surface area contributed by atoms with Gasteiger partial charge in [0.1, 0.15) is 6.04 Å². The van der Waals surface area contributed by atoms with Crippen LogP contribution < -0.4 is 10.6 Å². The highest BCUT2D eigenvalue weighted by molar-refractivity contribution is 5.83. The van der Waals surface area contributed by atoms with E-state index in [0.29, 0.717) is 25.4 Å². The van der Waals surface area contributed by atoms with Gasteiger partial charge in [0.15, 0.2) is 0 Å². The lowest BCUT2D eigenvalue weighted by molar-refractivity contribution is -0.141. The molecule has 0 aromatic rings. The molecule has 1 aliphatic carbocycles. The van der Waals surface area contributed by atoms with Gasteiger partial charge in [0, 0.05) is 26.1 Å². The minimum atomic E-state index is -0.929. The van der Waals surface area contributed by atoms with Crippen molar-refractivity contribution in [3.05, 3.63) is 0 Å². The molecule has 1 aliphatic heterocycles. The highest BCUT2D eigenvalue weighted by Gasteiger charge is 2.47. The quantitative estimate of drug-likeness (QED) is 0.660. The summed E-state index contributed by atoms with van der Waals surface area (Å²) in [6.07, 6.45) is 4.60. The largest absolute Gasteiger partial charge is 0.480 e. The lowest BCUT2D eigenvalue weighted by Crippen LogP contribution is -2.51. The maximum atomic E-state index is 12.3. The molecule has 0 bridgehead atoms. The van der Waals surface area contributed by atoms with Crippen LogP contribution in [0, 0.1) is 5.92 Å². The fourth-order valence-corrected chi connectivity index (χ4v) is 3.47. The topological polar surface area (TPSA) is 98.7 Å². The summed E-state index contributed by atoms with van der Waals surface area (Å²) in [6.45, 7) is 2.06. The van der Waals surface area contributed by atoms with Crippen molar-refractivity contribution in [2.75, 3.05) is 13.1 Å². The van der Waals surface area contributed by atoms with Gasteiger partial charge in [-0.15, -0.1) is 0 Å². The van der Waals surface area contributed by atoms with Crippen molar-refractivity contribution in [3.63, 3.8) is 0 Å². The average molecular weight is 297 g/mol. The number of amides is 3. The molecule has 3 N–H and O–H groups in total. The Balaban J connectivity index is 1.95.